The summed E-state index contributed by atoms with van der Waals surface area (Å²) in [6, 6.07) is 0. The zero-order valence-electron chi connectivity index (χ0n) is 14.2. The van der Waals surface area contributed by atoms with Gasteiger partial charge >= 0.3 is 12.1 Å². The molecule has 1 fully saturated rings. The van der Waals surface area contributed by atoms with Crippen LogP contribution in [0.5, 0.6) is 0 Å². The van der Waals surface area contributed by atoms with Crippen molar-refractivity contribution in [2.45, 2.75) is 40.2 Å². The van der Waals surface area contributed by atoms with Gasteiger partial charge in [-0.1, -0.05) is 19.1 Å². The van der Waals surface area contributed by atoms with Crippen molar-refractivity contribution in [1.29, 1.82) is 0 Å². The Bertz CT molecular complexity index is 466. The number of carbonyl (C=O) groups excluding carboxylic acids is 2. The lowest BCUT2D eigenvalue weighted by Gasteiger charge is -2.31. The minimum Gasteiger partial charge on any atom is -0.466 e. The molecule has 1 saturated heterocycles. The summed E-state index contributed by atoms with van der Waals surface area (Å²) in [5.41, 5.74) is -0.505. The zero-order valence-corrected chi connectivity index (χ0v) is 14.2. The van der Waals surface area contributed by atoms with Gasteiger partial charge in [0.05, 0.1) is 12.5 Å². The number of rotatable bonds is 2. The molecule has 0 bridgehead atoms. The molecular formula is C17H27NO4. The largest absolute Gasteiger partial charge is 0.466 e. The van der Waals surface area contributed by atoms with Gasteiger partial charge in [-0.15, -0.1) is 0 Å². The van der Waals surface area contributed by atoms with Crippen molar-refractivity contribution in [3.8, 4) is 0 Å². The molecule has 5 nitrogen and oxygen atoms in total. The van der Waals surface area contributed by atoms with E-state index in [-0.39, 0.29) is 35.7 Å². The van der Waals surface area contributed by atoms with Crippen LogP contribution in [0, 0.1) is 23.7 Å². The monoisotopic (exact) mass is 309 g/mol. The Morgan fingerprint density at radius 3 is 2.50 bits per heavy atom. The smallest absolute Gasteiger partial charge is 0.410 e. The summed E-state index contributed by atoms with van der Waals surface area (Å²) in [5.74, 6) is 0.131. The Kier molecular flexibility index (Phi) is 4.83. The lowest BCUT2D eigenvalue weighted by Crippen LogP contribution is -2.38. The van der Waals surface area contributed by atoms with Gasteiger partial charge in [0, 0.05) is 13.1 Å². The number of nitrogens with zero attached hydrogens (tertiary/aromatic N) is 1. The molecule has 0 saturated carbocycles. The highest BCUT2D eigenvalue weighted by atomic mass is 16.6. The van der Waals surface area contributed by atoms with Crippen molar-refractivity contribution in [3.05, 3.63) is 12.2 Å². The van der Waals surface area contributed by atoms with E-state index in [0.29, 0.717) is 19.7 Å². The van der Waals surface area contributed by atoms with Crippen LogP contribution in [-0.2, 0) is 14.3 Å². The fourth-order valence-corrected chi connectivity index (χ4v) is 3.37. The van der Waals surface area contributed by atoms with Crippen molar-refractivity contribution in [2.75, 3.05) is 19.7 Å². The van der Waals surface area contributed by atoms with Crippen LogP contribution < -0.4 is 0 Å². The quantitative estimate of drug-likeness (QED) is 0.581. The first-order valence-corrected chi connectivity index (χ1v) is 8.05. The molecule has 0 N–H and O–H groups in total. The Labute approximate surface area is 132 Å². The van der Waals surface area contributed by atoms with Gasteiger partial charge in [0.25, 0.3) is 0 Å². The highest BCUT2D eigenvalue weighted by Gasteiger charge is 2.46. The Morgan fingerprint density at radius 1 is 1.23 bits per heavy atom. The average Bonchev–Trinajstić information content (AvgIpc) is 2.80. The summed E-state index contributed by atoms with van der Waals surface area (Å²) in [5, 5.41) is 0. The third kappa shape index (κ3) is 3.62. The number of hydrogen-bond donors (Lipinski definition) is 0. The molecular weight excluding hydrogens is 282 g/mol. The fourth-order valence-electron chi connectivity index (χ4n) is 3.37. The van der Waals surface area contributed by atoms with Crippen LogP contribution in [-0.4, -0.2) is 42.3 Å². The van der Waals surface area contributed by atoms with Gasteiger partial charge in [-0.2, -0.15) is 0 Å². The summed E-state index contributed by atoms with van der Waals surface area (Å²) < 4.78 is 10.7. The number of carbonyl (C=O) groups is 2. The third-order valence-electron chi connectivity index (χ3n) is 4.31. The van der Waals surface area contributed by atoms with Crippen molar-refractivity contribution in [3.63, 3.8) is 0 Å². The van der Waals surface area contributed by atoms with E-state index in [9.17, 15) is 9.59 Å². The van der Waals surface area contributed by atoms with E-state index in [1.807, 2.05) is 34.6 Å². The predicted molar refractivity (Wildman–Crippen MR) is 83.2 cm³/mol. The van der Waals surface area contributed by atoms with Crippen LogP contribution >= 0.6 is 0 Å². The topological polar surface area (TPSA) is 55.8 Å². The van der Waals surface area contributed by atoms with Gasteiger partial charge in [0.1, 0.15) is 5.60 Å². The number of hydrogen-bond acceptors (Lipinski definition) is 4. The lowest BCUT2D eigenvalue weighted by atomic mass is 9.72. The van der Waals surface area contributed by atoms with Crippen LogP contribution in [0.4, 0.5) is 4.79 Å². The third-order valence-corrected chi connectivity index (χ3v) is 4.31. The average molecular weight is 309 g/mol. The Balaban J connectivity index is 2.09. The summed E-state index contributed by atoms with van der Waals surface area (Å²) in [6.07, 6.45) is 3.90. The van der Waals surface area contributed by atoms with E-state index in [1.54, 1.807) is 4.90 Å². The van der Waals surface area contributed by atoms with Crippen molar-refractivity contribution >= 4 is 12.1 Å². The van der Waals surface area contributed by atoms with E-state index < -0.39 is 5.60 Å². The summed E-state index contributed by atoms with van der Waals surface area (Å²) in [6.45, 7) is 11.0. The number of allylic oxidation sites excluding steroid dienone is 1. The second-order valence-electron chi connectivity index (χ2n) is 7.23. The second-order valence-corrected chi connectivity index (χ2v) is 7.23. The number of amides is 1. The number of fused-ring (bicyclic) bond motifs is 1. The SMILES string of the molecule is CCOC(=O)C1C(C)C=CC2CN(C(=O)OC(C)(C)C)CC21. The molecule has 1 amide bonds. The van der Waals surface area contributed by atoms with E-state index in [0.717, 1.165) is 0 Å². The van der Waals surface area contributed by atoms with Crippen molar-refractivity contribution in [2.24, 2.45) is 23.7 Å². The summed E-state index contributed by atoms with van der Waals surface area (Å²) in [7, 11) is 0. The Hall–Kier alpha value is -1.52. The van der Waals surface area contributed by atoms with Gasteiger partial charge in [-0.05, 0) is 45.4 Å². The lowest BCUT2D eigenvalue weighted by molar-refractivity contribution is -0.152. The van der Waals surface area contributed by atoms with Crippen LogP contribution in [0.25, 0.3) is 0 Å². The van der Waals surface area contributed by atoms with Crippen LogP contribution in [0.2, 0.25) is 0 Å². The standard InChI is InChI=1S/C17H27NO4/c1-6-21-15(19)14-11(2)7-8-12-9-18(10-13(12)14)16(20)22-17(3,4)5/h7-8,11-14H,6,9-10H2,1-5H3. The van der Waals surface area contributed by atoms with E-state index in [4.69, 9.17) is 9.47 Å². The normalized spacial score (nSPS) is 30.9. The molecule has 0 aromatic heterocycles. The summed E-state index contributed by atoms with van der Waals surface area (Å²) in [4.78, 5) is 26.2. The maximum Gasteiger partial charge on any atom is 0.410 e. The number of likely N-dealkylation sites (tertiary alicyclic amines) is 1. The molecule has 2 aliphatic rings. The molecule has 4 unspecified atom stereocenters. The Morgan fingerprint density at radius 2 is 1.91 bits per heavy atom. The second kappa shape index (κ2) is 6.31. The molecule has 0 aromatic rings. The first kappa shape index (κ1) is 16.8. The van der Waals surface area contributed by atoms with Gasteiger partial charge in [0.15, 0.2) is 0 Å². The van der Waals surface area contributed by atoms with Crippen LogP contribution in [0.15, 0.2) is 12.2 Å². The molecule has 124 valence electrons. The molecule has 4 atom stereocenters. The minimum absolute atomic E-state index is 0.117. The highest BCUT2D eigenvalue weighted by molar-refractivity contribution is 5.75. The van der Waals surface area contributed by atoms with Crippen LogP contribution in [0.1, 0.15) is 34.6 Å². The number of esters is 1. The maximum atomic E-state index is 12.3. The molecule has 22 heavy (non-hydrogen) atoms. The van der Waals surface area contributed by atoms with Gasteiger partial charge in [-0.25, -0.2) is 4.79 Å². The van der Waals surface area contributed by atoms with E-state index >= 15 is 0 Å². The van der Waals surface area contributed by atoms with E-state index in [1.165, 1.54) is 0 Å². The highest BCUT2D eigenvalue weighted by Crippen LogP contribution is 2.40. The molecule has 0 aromatic carbocycles. The predicted octanol–water partition coefficient (Wildman–Crippen LogP) is 2.85. The molecule has 1 aliphatic heterocycles. The molecule has 5 heteroatoms. The molecule has 2 rings (SSSR count). The zero-order chi connectivity index (χ0) is 16.5. The van der Waals surface area contributed by atoms with Crippen molar-refractivity contribution in [1.82, 2.24) is 4.90 Å². The molecule has 0 spiro atoms. The fraction of sp³-hybridized carbons (Fsp3) is 0.765. The van der Waals surface area contributed by atoms with E-state index in [2.05, 4.69) is 12.2 Å². The first-order valence-electron chi connectivity index (χ1n) is 8.05. The number of ether oxygens (including phenoxy) is 2. The molecule has 0 radical (unpaired) electrons. The van der Waals surface area contributed by atoms with Gasteiger partial charge < -0.3 is 14.4 Å². The maximum absolute atomic E-state index is 12.3. The van der Waals surface area contributed by atoms with Gasteiger partial charge in [-0.3, -0.25) is 4.79 Å². The molecule has 1 aliphatic carbocycles. The van der Waals surface area contributed by atoms with Gasteiger partial charge in [0.2, 0.25) is 0 Å². The van der Waals surface area contributed by atoms with Crippen molar-refractivity contribution < 1.29 is 19.1 Å². The minimum atomic E-state index is -0.505. The molecule has 1 heterocycles. The van der Waals surface area contributed by atoms with Crippen LogP contribution in [0.3, 0.4) is 0 Å². The first-order chi connectivity index (χ1) is 10.2. The summed E-state index contributed by atoms with van der Waals surface area (Å²) >= 11 is 0.